The van der Waals surface area contributed by atoms with Crippen LogP contribution in [0.15, 0.2) is 91.0 Å². The highest BCUT2D eigenvalue weighted by Crippen LogP contribution is 2.29. The molecule has 0 aliphatic carbocycles. The quantitative estimate of drug-likeness (QED) is 0.414. The Labute approximate surface area is 207 Å². The highest BCUT2D eigenvalue weighted by Gasteiger charge is 2.47. The van der Waals surface area contributed by atoms with E-state index >= 15 is 0 Å². The number of aliphatic hydroxyl groups excluding tert-OH is 1. The number of benzene rings is 3. The zero-order valence-electron chi connectivity index (χ0n) is 20.1. The van der Waals surface area contributed by atoms with Crippen molar-refractivity contribution < 1.29 is 28.8 Å². The third-order valence-electron chi connectivity index (χ3n) is 5.91. The van der Waals surface area contributed by atoms with E-state index in [2.05, 4.69) is 0 Å². The SMILES string of the molecule is CCOC1OC(COCc2ccccc2)C(OCc2ccccc2)C(OCc2ccccc2)C1O. The van der Waals surface area contributed by atoms with Gasteiger partial charge in [0.15, 0.2) is 6.29 Å². The molecule has 5 unspecified atom stereocenters. The molecule has 1 fully saturated rings. The molecule has 1 saturated heterocycles. The van der Waals surface area contributed by atoms with E-state index in [9.17, 15) is 5.11 Å². The predicted molar refractivity (Wildman–Crippen MR) is 132 cm³/mol. The molecule has 3 aromatic carbocycles. The second kappa shape index (κ2) is 13.5. The maximum atomic E-state index is 11.1. The zero-order chi connectivity index (χ0) is 24.3. The van der Waals surface area contributed by atoms with Crippen LogP contribution in [0.1, 0.15) is 23.6 Å². The average molecular weight is 479 g/mol. The Bertz CT molecular complexity index is 968. The minimum atomic E-state index is -1.01. The molecule has 6 heteroatoms. The third-order valence-corrected chi connectivity index (χ3v) is 5.91. The Morgan fingerprint density at radius 1 is 0.657 bits per heavy atom. The van der Waals surface area contributed by atoms with Crippen LogP contribution < -0.4 is 0 Å². The van der Waals surface area contributed by atoms with Crippen molar-refractivity contribution in [3.63, 3.8) is 0 Å². The molecule has 6 nitrogen and oxygen atoms in total. The van der Waals surface area contributed by atoms with Gasteiger partial charge in [0.1, 0.15) is 24.4 Å². The lowest BCUT2D eigenvalue weighted by Gasteiger charge is -2.44. The first-order valence-electron chi connectivity index (χ1n) is 12.1. The summed E-state index contributed by atoms with van der Waals surface area (Å²) in [4.78, 5) is 0. The van der Waals surface area contributed by atoms with Crippen molar-refractivity contribution in [1.29, 1.82) is 0 Å². The Morgan fingerprint density at radius 3 is 1.66 bits per heavy atom. The highest BCUT2D eigenvalue weighted by atomic mass is 16.7. The lowest BCUT2D eigenvalue weighted by atomic mass is 9.98. The Balaban J connectivity index is 1.50. The topological polar surface area (TPSA) is 66.4 Å². The van der Waals surface area contributed by atoms with Gasteiger partial charge in [-0.2, -0.15) is 0 Å². The molecule has 3 aromatic rings. The van der Waals surface area contributed by atoms with Crippen molar-refractivity contribution in [2.24, 2.45) is 0 Å². The molecule has 4 rings (SSSR count). The van der Waals surface area contributed by atoms with Gasteiger partial charge in [-0.15, -0.1) is 0 Å². The van der Waals surface area contributed by atoms with E-state index in [4.69, 9.17) is 23.7 Å². The Hall–Kier alpha value is -2.58. The van der Waals surface area contributed by atoms with Crippen molar-refractivity contribution in [2.45, 2.75) is 57.5 Å². The molecule has 35 heavy (non-hydrogen) atoms. The summed E-state index contributed by atoms with van der Waals surface area (Å²) in [5.74, 6) is 0. The zero-order valence-corrected chi connectivity index (χ0v) is 20.1. The van der Waals surface area contributed by atoms with Crippen LogP contribution >= 0.6 is 0 Å². The number of aliphatic hydroxyl groups is 1. The van der Waals surface area contributed by atoms with E-state index in [1.54, 1.807) is 0 Å². The smallest absolute Gasteiger partial charge is 0.186 e. The monoisotopic (exact) mass is 478 g/mol. The molecular weight excluding hydrogens is 444 g/mol. The van der Waals surface area contributed by atoms with Gasteiger partial charge in [-0.25, -0.2) is 0 Å². The fraction of sp³-hybridized carbons (Fsp3) is 0.379. The van der Waals surface area contributed by atoms with Gasteiger partial charge in [0.25, 0.3) is 0 Å². The lowest BCUT2D eigenvalue weighted by Crippen LogP contribution is -2.61. The fourth-order valence-electron chi connectivity index (χ4n) is 4.12. The van der Waals surface area contributed by atoms with E-state index in [-0.39, 0.29) is 6.61 Å². The standard InChI is InChI=1S/C29H34O6/c1-2-32-29-26(30)28(34-20-24-16-10-5-11-17-24)27(33-19-23-14-8-4-9-15-23)25(35-29)21-31-18-22-12-6-3-7-13-22/h3-17,25-30H,2,18-21H2,1H3. The summed E-state index contributed by atoms with van der Waals surface area (Å²) in [5, 5.41) is 11.1. The Morgan fingerprint density at radius 2 is 1.14 bits per heavy atom. The summed E-state index contributed by atoms with van der Waals surface area (Å²) in [6, 6.07) is 29.8. The first-order valence-corrected chi connectivity index (χ1v) is 12.1. The largest absolute Gasteiger partial charge is 0.385 e. The molecule has 0 aromatic heterocycles. The summed E-state index contributed by atoms with van der Waals surface area (Å²) in [6.07, 6.45) is -3.54. The van der Waals surface area contributed by atoms with E-state index < -0.39 is 30.7 Å². The molecule has 0 saturated carbocycles. The van der Waals surface area contributed by atoms with E-state index in [0.29, 0.717) is 26.4 Å². The third kappa shape index (κ3) is 7.45. The second-order valence-electron chi connectivity index (χ2n) is 8.51. The Kier molecular flexibility index (Phi) is 9.84. The molecular formula is C29H34O6. The first-order chi connectivity index (χ1) is 17.2. The summed E-state index contributed by atoms with van der Waals surface area (Å²) < 4.78 is 30.5. The van der Waals surface area contributed by atoms with Crippen LogP contribution in [0.2, 0.25) is 0 Å². The average Bonchev–Trinajstić information content (AvgIpc) is 2.90. The summed E-state index contributed by atoms with van der Waals surface area (Å²) in [7, 11) is 0. The van der Waals surface area contributed by atoms with Gasteiger partial charge in [-0.1, -0.05) is 91.0 Å². The number of hydrogen-bond acceptors (Lipinski definition) is 6. The van der Waals surface area contributed by atoms with Crippen LogP contribution in [0.4, 0.5) is 0 Å². The molecule has 0 spiro atoms. The highest BCUT2D eigenvalue weighted by molar-refractivity contribution is 5.15. The molecule has 0 amide bonds. The van der Waals surface area contributed by atoms with E-state index in [1.165, 1.54) is 0 Å². The summed E-state index contributed by atoms with van der Waals surface area (Å²) >= 11 is 0. The van der Waals surface area contributed by atoms with Crippen LogP contribution in [-0.2, 0) is 43.5 Å². The molecule has 0 radical (unpaired) electrons. The number of hydrogen-bond donors (Lipinski definition) is 1. The van der Waals surface area contributed by atoms with Crippen molar-refractivity contribution in [3.8, 4) is 0 Å². The fourth-order valence-corrected chi connectivity index (χ4v) is 4.12. The summed E-state index contributed by atoms with van der Waals surface area (Å²) in [6.45, 7) is 3.69. The molecule has 1 N–H and O–H groups in total. The van der Waals surface area contributed by atoms with Crippen LogP contribution in [-0.4, -0.2) is 49.0 Å². The van der Waals surface area contributed by atoms with Crippen molar-refractivity contribution in [2.75, 3.05) is 13.2 Å². The van der Waals surface area contributed by atoms with Gasteiger partial charge in [0.05, 0.1) is 26.4 Å². The van der Waals surface area contributed by atoms with Gasteiger partial charge >= 0.3 is 0 Å². The van der Waals surface area contributed by atoms with Gasteiger partial charge in [0, 0.05) is 6.61 Å². The molecule has 5 atom stereocenters. The van der Waals surface area contributed by atoms with Gasteiger partial charge < -0.3 is 28.8 Å². The first kappa shape index (κ1) is 25.5. The van der Waals surface area contributed by atoms with Crippen LogP contribution in [0.25, 0.3) is 0 Å². The number of ether oxygens (including phenoxy) is 5. The van der Waals surface area contributed by atoms with Crippen LogP contribution in [0.3, 0.4) is 0 Å². The van der Waals surface area contributed by atoms with Gasteiger partial charge in [0.2, 0.25) is 0 Å². The van der Waals surface area contributed by atoms with Crippen LogP contribution in [0, 0.1) is 0 Å². The number of rotatable bonds is 12. The van der Waals surface area contributed by atoms with Gasteiger partial charge in [-0.3, -0.25) is 0 Å². The molecule has 1 heterocycles. The van der Waals surface area contributed by atoms with E-state index in [0.717, 1.165) is 16.7 Å². The molecule has 0 bridgehead atoms. The summed E-state index contributed by atoms with van der Waals surface area (Å²) in [5.41, 5.74) is 3.11. The second-order valence-corrected chi connectivity index (χ2v) is 8.51. The lowest BCUT2D eigenvalue weighted by molar-refractivity contribution is -0.318. The van der Waals surface area contributed by atoms with Gasteiger partial charge in [-0.05, 0) is 23.6 Å². The molecule has 186 valence electrons. The van der Waals surface area contributed by atoms with Crippen molar-refractivity contribution in [3.05, 3.63) is 108 Å². The minimum absolute atomic E-state index is 0.274. The normalized spacial score (nSPS) is 24.3. The van der Waals surface area contributed by atoms with Crippen molar-refractivity contribution >= 4 is 0 Å². The predicted octanol–water partition coefficient (Wildman–Crippen LogP) is 4.50. The van der Waals surface area contributed by atoms with Crippen LogP contribution in [0.5, 0.6) is 0 Å². The molecule has 1 aliphatic rings. The van der Waals surface area contributed by atoms with E-state index in [1.807, 2.05) is 97.9 Å². The van der Waals surface area contributed by atoms with Crippen molar-refractivity contribution in [1.82, 2.24) is 0 Å². The maximum Gasteiger partial charge on any atom is 0.186 e. The maximum absolute atomic E-state index is 11.1. The molecule has 1 aliphatic heterocycles. The minimum Gasteiger partial charge on any atom is -0.385 e.